The second-order valence-electron chi connectivity index (χ2n) is 15.3. The van der Waals surface area contributed by atoms with Crippen molar-refractivity contribution in [2.24, 2.45) is 0 Å². The minimum atomic E-state index is -4.39. The number of methoxy groups -OCH3 is 1. The van der Waals surface area contributed by atoms with Crippen molar-refractivity contribution in [2.75, 3.05) is 13.7 Å². The molecule has 326 valence electrons. The fraction of sp³-hybridized carbons (Fsp3) is 0.208. The van der Waals surface area contributed by atoms with Gasteiger partial charge >= 0.3 is 5.97 Å². The first-order valence-corrected chi connectivity index (χ1v) is 22.6. The summed E-state index contributed by atoms with van der Waals surface area (Å²) in [6.45, 7) is 1.81. The number of benzene rings is 5. The van der Waals surface area contributed by atoms with Crippen molar-refractivity contribution in [3.05, 3.63) is 170 Å². The van der Waals surface area contributed by atoms with Gasteiger partial charge in [0.05, 0.1) is 34.5 Å². The Balaban J connectivity index is 1.02. The minimum absolute atomic E-state index is 0.0442. The molecule has 0 aliphatic carbocycles. The molecule has 3 atom stereocenters. The Morgan fingerprint density at radius 3 is 2.23 bits per heavy atom. The monoisotopic (exact) mass is 936 g/mol. The van der Waals surface area contributed by atoms with E-state index in [0.29, 0.717) is 50.6 Å². The molecule has 1 aromatic heterocycles. The molecule has 16 heteroatoms. The van der Waals surface area contributed by atoms with Crippen LogP contribution in [-0.2, 0) is 50.3 Å². The highest BCUT2D eigenvalue weighted by Gasteiger charge is 2.42. The first kappa shape index (κ1) is 44.5. The number of halogens is 3. The number of ether oxygens (including phenoxy) is 4. The van der Waals surface area contributed by atoms with Crippen molar-refractivity contribution in [1.29, 1.82) is 5.26 Å². The summed E-state index contributed by atoms with van der Waals surface area (Å²) in [6, 6.07) is 33.3. The number of aryl methyl sites for hydroxylation is 1. The molecule has 6 aromatic rings. The highest BCUT2D eigenvalue weighted by molar-refractivity contribution is 7.89. The summed E-state index contributed by atoms with van der Waals surface area (Å²) >= 11 is 18.3. The SMILES string of the molecule is COC(=O)C(Cc1ccc(-c2ccc(C#N)cc2)cc1)NC(=O)C1Cc2cc3c(cc2CN1S(=O)(=O)c1ccc(Cl)nc1C)OC(c1ccc(OCc2ccc(Cl)c(Cl)c2)cc1)CO3. The molecule has 5 aromatic carbocycles. The number of hydrogen-bond acceptors (Lipinski definition) is 10. The number of rotatable bonds is 12. The number of carbonyl (C=O) groups excluding carboxylic acids is 2. The predicted molar refractivity (Wildman–Crippen MR) is 241 cm³/mol. The normalized spacial score (nSPS) is 16.2. The number of fused-ring (bicyclic) bond motifs is 2. The zero-order valence-corrected chi connectivity index (χ0v) is 37.5. The number of nitrogens with zero attached hydrogens (tertiary/aromatic N) is 3. The number of nitriles is 1. The van der Waals surface area contributed by atoms with Gasteiger partial charge in [-0.05, 0) is 113 Å². The summed E-state index contributed by atoms with van der Waals surface area (Å²) in [5.74, 6) is 0.0992. The Morgan fingerprint density at radius 1 is 0.875 bits per heavy atom. The van der Waals surface area contributed by atoms with Gasteiger partial charge in [-0.2, -0.15) is 9.57 Å². The number of sulfonamides is 1. The first-order valence-electron chi connectivity index (χ1n) is 20.0. The van der Waals surface area contributed by atoms with Crippen LogP contribution in [0.15, 0.2) is 120 Å². The lowest BCUT2D eigenvalue weighted by Crippen LogP contribution is -2.56. The van der Waals surface area contributed by atoms with Gasteiger partial charge in [-0.25, -0.2) is 18.2 Å². The molecule has 3 heterocycles. The highest BCUT2D eigenvalue weighted by Crippen LogP contribution is 2.42. The van der Waals surface area contributed by atoms with Gasteiger partial charge < -0.3 is 24.3 Å². The molecule has 0 saturated heterocycles. The molecule has 0 bridgehead atoms. The van der Waals surface area contributed by atoms with Crippen molar-refractivity contribution in [1.82, 2.24) is 14.6 Å². The Bertz CT molecular complexity index is 2890. The van der Waals surface area contributed by atoms with Crippen LogP contribution in [0.2, 0.25) is 15.2 Å². The van der Waals surface area contributed by atoms with E-state index in [2.05, 4.69) is 16.4 Å². The lowest BCUT2D eigenvalue weighted by atomic mass is 9.93. The van der Waals surface area contributed by atoms with Crippen molar-refractivity contribution in [2.45, 2.75) is 56.0 Å². The molecule has 2 aliphatic rings. The molecule has 8 rings (SSSR count). The average molecular weight is 938 g/mol. The van der Waals surface area contributed by atoms with Crippen molar-refractivity contribution in [3.63, 3.8) is 0 Å². The second-order valence-corrected chi connectivity index (χ2v) is 18.3. The first-order chi connectivity index (χ1) is 30.8. The maximum atomic E-state index is 14.6. The third-order valence-electron chi connectivity index (χ3n) is 11.1. The molecule has 12 nitrogen and oxygen atoms in total. The number of aromatic nitrogens is 1. The van der Waals surface area contributed by atoms with E-state index in [9.17, 15) is 18.0 Å². The van der Waals surface area contributed by atoms with E-state index < -0.39 is 40.1 Å². The summed E-state index contributed by atoms with van der Waals surface area (Å²) in [7, 11) is -3.17. The lowest BCUT2D eigenvalue weighted by molar-refractivity contribution is -0.145. The van der Waals surface area contributed by atoms with Crippen LogP contribution in [0.3, 0.4) is 0 Å². The molecular formula is C48H39Cl3N4O8S. The zero-order valence-electron chi connectivity index (χ0n) is 34.4. The molecular weight excluding hydrogens is 899 g/mol. The van der Waals surface area contributed by atoms with Crippen molar-refractivity contribution < 1.29 is 37.0 Å². The largest absolute Gasteiger partial charge is 0.489 e. The maximum absolute atomic E-state index is 14.6. The molecule has 0 spiro atoms. The van der Waals surface area contributed by atoms with Gasteiger partial charge in [0.25, 0.3) is 0 Å². The third-order valence-corrected chi connectivity index (χ3v) is 14.0. The average Bonchev–Trinajstić information content (AvgIpc) is 3.30. The lowest BCUT2D eigenvalue weighted by Gasteiger charge is -2.37. The molecule has 64 heavy (non-hydrogen) atoms. The van der Waals surface area contributed by atoms with Gasteiger partial charge in [0.15, 0.2) is 17.6 Å². The van der Waals surface area contributed by atoms with Gasteiger partial charge in [0.1, 0.15) is 41.1 Å². The Morgan fingerprint density at radius 2 is 1.56 bits per heavy atom. The molecule has 1 amide bonds. The number of nitrogens with one attached hydrogen (secondary N) is 1. The van der Waals surface area contributed by atoms with Gasteiger partial charge in [-0.15, -0.1) is 0 Å². The fourth-order valence-corrected chi connectivity index (χ4v) is 9.90. The van der Waals surface area contributed by atoms with Gasteiger partial charge in [-0.3, -0.25) is 4.79 Å². The second kappa shape index (κ2) is 18.9. The van der Waals surface area contributed by atoms with E-state index >= 15 is 0 Å². The van der Waals surface area contributed by atoms with Gasteiger partial charge in [0, 0.05) is 13.0 Å². The van der Waals surface area contributed by atoms with Crippen LogP contribution in [0, 0.1) is 18.3 Å². The molecule has 0 fully saturated rings. The van der Waals surface area contributed by atoms with E-state index in [1.807, 2.05) is 66.7 Å². The molecule has 3 unspecified atom stereocenters. The molecule has 2 aliphatic heterocycles. The number of esters is 1. The van der Waals surface area contributed by atoms with Crippen LogP contribution >= 0.6 is 34.8 Å². The van der Waals surface area contributed by atoms with Crippen molar-refractivity contribution >= 4 is 56.7 Å². The topological polar surface area (TPSA) is 157 Å². The quantitative estimate of drug-likeness (QED) is 0.0928. The number of amides is 1. The van der Waals surface area contributed by atoms with Crippen LogP contribution in [0.1, 0.15) is 45.2 Å². The van der Waals surface area contributed by atoms with Crippen LogP contribution in [0.4, 0.5) is 0 Å². The summed E-state index contributed by atoms with van der Waals surface area (Å²) in [4.78, 5) is 31.7. The van der Waals surface area contributed by atoms with Crippen LogP contribution in [-0.4, -0.2) is 55.4 Å². The fourth-order valence-electron chi connectivity index (χ4n) is 7.67. The van der Waals surface area contributed by atoms with Crippen LogP contribution < -0.4 is 19.5 Å². The maximum Gasteiger partial charge on any atom is 0.328 e. The standard InChI is InChI=1S/C48H39Cl3N4O8S/c1-28-45(17-18-46(51)53-28)64(58,59)55-25-36-23-43-42(62-27-44(63-43)34-12-14-37(15-13-34)61-26-31-7-16-38(49)39(50)19-31)22-35(36)21-41(55)47(56)54-40(48(57)60-2)20-29-3-8-32(9-4-29)33-10-5-30(24-52)6-11-33/h3-19,22-23,40-41,44H,20-21,25-27H2,1-2H3,(H,54,56). The van der Waals surface area contributed by atoms with E-state index in [0.717, 1.165) is 32.1 Å². The number of carbonyl (C=O) groups is 2. The van der Waals surface area contributed by atoms with Crippen LogP contribution in [0.5, 0.6) is 17.2 Å². The highest BCUT2D eigenvalue weighted by atomic mass is 35.5. The summed E-state index contributed by atoms with van der Waals surface area (Å²) in [6.07, 6.45) is -0.463. The third kappa shape index (κ3) is 9.67. The van der Waals surface area contributed by atoms with E-state index in [1.165, 1.54) is 26.2 Å². The molecule has 0 radical (unpaired) electrons. The van der Waals surface area contributed by atoms with Gasteiger partial charge in [-0.1, -0.05) is 89.4 Å². The molecule has 1 N–H and O–H groups in total. The Hall–Kier alpha value is -6.14. The summed E-state index contributed by atoms with van der Waals surface area (Å²) in [5, 5.41) is 13.0. The Labute approximate surface area is 385 Å². The van der Waals surface area contributed by atoms with E-state index in [-0.39, 0.29) is 41.7 Å². The van der Waals surface area contributed by atoms with Gasteiger partial charge in [0.2, 0.25) is 15.9 Å². The smallest absolute Gasteiger partial charge is 0.328 e. The van der Waals surface area contributed by atoms with E-state index in [4.69, 9.17) is 59.0 Å². The number of hydrogen-bond donors (Lipinski definition) is 1. The zero-order chi connectivity index (χ0) is 45.1. The molecule has 0 saturated carbocycles. The summed E-state index contributed by atoms with van der Waals surface area (Å²) in [5.41, 5.74) is 6.20. The number of pyridine rings is 1. The summed E-state index contributed by atoms with van der Waals surface area (Å²) < 4.78 is 54.0. The minimum Gasteiger partial charge on any atom is -0.489 e. The van der Waals surface area contributed by atoms with Crippen molar-refractivity contribution in [3.8, 4) is 34.4 Å². The van der Waals surface area contributed by atoms with Crippen LogP contribution in [0.25, 0.3) is 11.1 Å². The Kier molecular flexibility index (Phi) is 13.1. The van der Waals surface area contributed by atoms with E-state index in [1.54, 1.807) is 36.4 Å². The predicted octanol–water partition coefficient (Wildman–Crippen LogP) is 9.00.